The Morgan fingerprint density at radius 3 is 2.14 bits per heavy atom. The minimum Gasteiger partial charge on any atom is -0.451 e. The van der Waals surface area contributed by atoms with Gasteiger partial charge in [-0.25, -0.2) is 22.0 Å². The normalized spacial score (nSPS) is 18.5. The fourth-order valence-electron chi connectivity index (χ4n) is 4.65. The Balaban J connectivity index is 1.43. The van der Waals surface area contributed by atoms with Crippen molar-refractivity contribution in [3.8, 4) is 11.5 Å². The van der Waals surface area contributed by atoms with Crippen LogP contribution in [0.25, 0.3) is 0 Å². The Morgan fingerprint density at radius 2 is 1.57 bits per heavy atom. The Bertz CT molecular complexity index is 1420. The number of primary amides is 1. The van der Waals surface area contributed by atoms with Crippen molar-refractivity contribution in [2.45, 2.75) is 17.9 Å². The summed E-state index contributed by atoms with van der Waals surface area (Å²) in [5.74, 6) is -4.69. The second kappa shape index (κ2) is 13.2. The second-order valence-corrected chi connectivity index (χ2v) is 11.9. The van der Waals surface area contributed by atoms with Crippen LogP contribution < -0.4 is 10.5 Å². The smallest absolute Gasteiger partial charge is 0.409 e. The molecule has 4 rings (SSSR count). The van der Waals surface area contributed by atoms with Gasteiger partial charge in [0.15, 0.2) is 17.4 Å². The number of piperazine rings is 2. The maximum atomic E-state index is 14.9. The number of nitrogens with two attached hydrogens (primary N) is 1. The third-order valence-corrected chi connectivity index (χ3v) is 9.02. The molecule has 3 amide bonds. The second-order valence-electron chi connectivity index (χ2n) is 9.61. The topological polar surface area (TPSA) is 143 Å². The van der Waals surface area contributed by atoms with Crippen molar-refractivity contribution < 1.29 is 41.1 Å². The van der Waals surface area contributed by atoms with Crippen LogP contribution in [0.3, 0.4) is 0 Å². The van der Waals surface area contributed by atoms with Crippen LogP contribution in [0.2, 0.25) is 5.02 Å². The van der Waals surface area contributed by atoms with E-state index in [2.05, 4.69) is 0 Å². The van der Waals surface area contributed by atoms with Crippen molar-refractivity contribution in [3.05, 3.63) is 53.1 Å². The molecule has 2 aromatic carbocycles. The van der Waals surface area contributed by atoms with Crippen LogP contribution in [0.4, 0.5) is 13.6 Å². The molecule has 2 aromatic rings. The highest BCUT2D eigenvalue weighted by molar-refractivity contribution is 7.89. The molecule has 2 N–H and O–H groups in total. The van der Waals surface area contributed by atoms with E-state index in [-0.39, 0.29) is 44.4 Å². The summed E-state index contributed by atoms with van der Waals surface area (Å²) in [5.41, 5.74) is 5.51. The first-order chi connectivity index (χ1) is 19.9. The molecule has 0 bridgehead atoms. The Hall–Kier alpha value is -3.53. The van der Waals surface area contributed by atoms with Crippen LogP contribution in [0.15, 0.2) is 41.3 Å². The summed E-state index contributed by atoms with van der Waals surface area (Å²) >= 11 is 5.80. The van der Waals surface area contributed by atoms with Crippen molar-refractivity contribution in [2.75, 3.05) is 59.0 Å². The van der Waals surface area contributed by atoms with Gasteiger partial charge in [-0.1, -0.05) is 11.6 Å². The number of sulfonamides is 1. The molecule has 228 valence electrons. The number of amides is 3. The first kappa shape index (κ1) is 31.4. The third-order valence-electron chi connectivity index (χ3n) is 6.88. The molecule has 2 heterocycles. The van der Waals surface area contributed by atoms with Crippen LogP contribution in [-0.4, -0.2) is 110 Å². The predicted octanol–water partition coefficient (Wildman–Crippen LogP) is 1.87. The van der Waals surface area contributed by atoms with Gasteiger partial charge in [0.05, 0.1) is 18.0 Å². The van der Waals surface area contributed by atoms with Crippen LogP contribution in [-0.2, 0) is 24.3 Å². The molecule has 2 aliphatic heterocycles. The molecule has 16 heteroatoms. The van der Waals surface area contributed by atoms with Gasteiger partial charge >= 0.3 is 6.09 Å². The maximum absolute atomic E-state index is 14.9. The van der Waals surface area contributed by atoms with E-state index in [9.17, 15) is 31.6 Å². The first-order valence-electron chi connectivity index (χ1n) is 13.1. The van der Waals surface area contributed by atoms with Gasteiger partial charge in [-0.3, -0.25) is 14.5 Å². The van der Waals surface area contributed by atoms with Gasteiger partial charge in [-0.05, 0) is 43.3 Å². The van der Waals surface area contributed by atoms with E-state index in [1.165, 1.54) is 29.2 Å². The summed E-state index contributed by atoms with van der Waals surface area (Å²) in [6.45, 7) is 2.81. The summed E-state index contributed by atoms with van der Waals surface area (Å²) in [6, 6.07) is 5.38. The zero-order valence-electron chi connectivity index (χ0n) is 22.7. The van der Waals surface area contributed by atoms with E-state index in [1.54, 1.807) is 11.8 Å². The van der Waals surface area contributed by atoms with E-state index in [4.69, 9.17) is 26.8 Å². The number of nitrogens with zero attached hydrogens (tertiary/aromatic N) is 4. The van der Waals surface area contributed by atoms with Crippen molar-refractivity contribution in [3.63, 3.8) is 0 Å². The molecule has 1 atom stereocenters. The van der Waals surface area contributed by atoms with Crippen molar-refractivity contribution in [1.29, 1.82) is 0 Å². The van der Waals surface area contributed by atoms with E-state index in [0.717, 1.165) is 4.31 Å². The number of carbonyl (C=O) groups excluding carboxylic acids is 3. The van der Waals surface area contributed by atoms with Gasteiger partial charge in [-0.15, -0.1) is 0 Å². The highest BCUT2D eigenvalue weighted by Crippen LogP contribution is 2.32. The Kier molecular flexibility index (Phi) is 9.86. The van der Waals surface area contributed by atoms with E-state index in [0.29, 0.717) is 43.3 Å². The summed E-state index contributed by atoms with van der Waals surface area (Å²) < 4.78 is 67.5. The monoisotopic (exact) mass is 629 g/mol. The minimum atomic E-state index is -4.61. The summed E-state index contributed by atoms with van der Waals surface area (Å²) in [7, 11) is -4.61. The Morgan fingerprint density at radius 1 is 0.976 bits per heavy atom. The molecule has 0 spiro atoms. The molecule has 0 aliphatic carbocycles. The number of benzene rings is 2. The molecular weight excluding hydrogens is 600 g/mol. The van der Waals surface area contributed by atoms with Crippen molar-refractivity contribution >= 4 is 39.5 Å². The zero-order chi connectivity index (χ0) is 30.6. The number of carbonyl (C=O) groups is 3. The first-order valence-corrected chi connectivity index (χ1v) is 14.9. The quantitative estimate of drug-likeness (QED) is 0.466. The Labute approximate surface area is 246 Å². The van der Waals surface area contributed by atoms with Crippen LogP contribution >= 0.6 is 11.6 Å². The molecule has 0 saturated carbocycles. The third kappa shape index (κ3) is 7.09. The number of rotatable bonds is 8. The number of hydrogen-bond donors (Lipinski definition) is 1. The lowest BCUT2D eigenvalue weighted by molar-refractivity contribution is -0.136. The SMILES string of the molecule is CCOC(=O)N1CCN(CC(=O)N2CCN(S(=O)(=O)c3cc(F)c(Oc4ccc(Cl)cc4)c(F)c3)[C@@H](C(N)=O)C2)CC1. The van der Waals surface area contributed by atoms with Gasteiger partial charge in [0.25, 0.3) is 0 Å². The molecule has 12 nitrogen and oxygen atoms in total. The van der Waals surface area contributed by atoms with Crippen molar-refractivity contribution in [2.24, 2.45) is 5.73 Å². The van der Waals surface area contributed by atoms with Gasteiger partial charge in [0.1, 0.15) is 11.8 Å². The highest BCUT2D eigenvalue weighted by atomic mass is 35.5. The molecule has 2 aliphatic rings. The van der Waals surface area contributed by atoms with E-state index >= 15 is 0 Å². The van der Waals surface area contributed by atoms with Gasteiger partial charge < -0.3 is 25.0 Å². The van der Waals surface area contributed by atoms with Crippen LogP contribution in [0.1, 0.15) is 6.92 Å². The number of halogens is 3. The van der Waals surface area contributed by atoms with Crippen molar-refractivity contribution in [1.82, 2.24) is 19.0 Å². The average molecular weight is 630 g/mol. The average Bonchev–Trinajstić information content (AvgIpc) is 2.96. The molecule has 2 fully saturated rings. The maximum Gasteiger partial charge on any atom is 0.409 e. The number of ether oxygens (including phenoxy) is 2. The summed E-state index contributed by atoms with van der Waals surface area (Å²) in [6.07, 6.45) is -0.423. The summed E-state index contributed by atoms with van der Waals surface area (Å²) in [5, 5.41) is 0.379. The zero-order valence-corrected chi connectivity index (χ0v) is 24.2. The lowest BCUT2D eigenvalue weighted by atomic mass is 10.2. The molecule has 0 unspecified atom stereocenters. The molecule has 2 saturated heterocycles. The van der Waals surface area contributed by atoms with Gasteiger partial charge in [0, 0.05) is 50.8 Å². The largest absolute Gasteiger partial charge is 0.451 e. The fraction of sp³-hybridized carbons (Fsp3) is 0.423. The van der Waals surface area contributed by atoms with Crippen LogP contribution in [0, 0.1) is 11.6 Å². The molecular formula is C26H30ClF2N5O7S. The van der Waals surface area contributed by atoms with E-state index in [1.807, 2.05) is 4.90 Å². The summed E-state index contributed by atoms with van der Waals surface area (Å²) in [4.78, 5) is 41.2. The lowest BCUT2D eigenvalue weighted by Crippen LogP contribution is -2.62. The van der Waals surface area contributed by atoms with Gasteiger partial charge in [-0.2, -0.15) is 4.31 Å². The number of hydrogen-bond acceptors (Lipinski definition) is 8. The highest BCUT2D eigenvalue weighted by Gasteiger charge is 2.41. The molecule has 0 aromatic heterocycles. The van der Waals surface area contributed by atoms with E-state index < -0.39 is 50.3 Å². The standard InChI is InChI=1S/C26H30ClF2N5O7S/c1-2-40-26(37)32-9-7-31(8-10-32)16-23(35)33-11-12-34(22(15-33)25(30)36)42(38,39)19-13-20(28)24(21(29)14-19)41-18-5-3-17(27)4-6-18/h3-6,13-14,22H,2,7-12,15-16H2,1H3,(H2,30,36)/t22-/m1/s1. The lowest BCUT2D eigenvalue weighted by Gasteiger charge is -2.40. The van der Waals surface area contributed by atoms with Crippen LogP contribution in [0.5, 0.6) is 11.5 Å². The molecule has 0 radical (unpaired) electrons. The minimum absolute atomic E-state index is 0.0135. The fourth-order valence-corrected chi connectivity index (χ4v) is 6.38. The molecule has 42 heavy (non-hydrogen) atoms. The predicted molar refractivity (Wildman–Crippen MR) is 146 cm³/mol. The van der Waals surface area contributed by atoms with Gasteiger partial charge in [0.2, 0.25) is 21.8 Å².